The van der Waals surface area contributed by atoms with Gasteiger partial charge >= 0.3 is 10.2 Å². The van der Waals surface area contributed by atoms with Crippen LogP contribution in [-0.2, 0) is 15.0 Å². The van der Waals surface area contributed by atoms with Gasteiger partial charge in [-0.1, -0.05) is 18.2 Å². The van der Waals surface area contributed by atoms with Crippen LogP contribution in [0, 0.1) is 0 Å². The Morgan fingerprint density at radius 3 is 2.20 bits per heavy atom. The van der Waals surface area contributed by atoms with Gasteiger partial charge in [0, 0.05) is 24.2 Å². The first-order valence-corrected chi connectivity index (χ1v) is 8.92. The van der Waals surface area contributed by atoms with Gasteiger partial charge in [0.15, 0.2) is 0 Å². The van der Waals surface area contributed by atoms with Crippen LogP contribution in [0.25, 0.3) is 0 Å². The van der Waals surface area contributed by atoms with Crippen molar-refractivity contribution in [3.63, 3.8) is 0 Å². The maximum Gasteiger partial charge on any atom is 0.332 e. The number of nitrogens with one attached hydrogen (secondary N) is 2. The Bertz CT molecular complexity index is 837. The van der Waals surface area contributed by atoms with Gasteiger partial charge in [-0.05, 0) is 42.8 Å². The van der Waals surface area contributed by atoms with E-state index < -0.39 is 15.1 Å². The Hall–Kier alpha value is -2.74. The van der Waals surface area contributed by atoms with Gasteiger partial charge in [0.05, 0.1) is 4.90 Å². The molecule has 0 heterocycles. The van der Waals surface area contributed by atoms with E-state index >= 15 is 0 Å². The highest BCUT2D eigenvalue weighted by atomic mass is 32.3. The molecule has 8 heteroatoms. The molecular weight excluding hydrogens is 347 g/mol. The number of anilines is 1. The third kappa shape index (κ3) is 6.00. The van der Waals surface area contributed by atoms with Gasteiger partial charge in [0.2, 0.25) is 5.91 Å². The molecule has 0 aliphatic carbocycles. The van der Waals surface area contributed by atoms with Crippen LogP contribution in [0.2, 0.25) is 0 Å². The molecule has 2 rings (SSSR count). The van der Waals surface area contributed by atoms with Crippen molar-refractivity contribution in [1.82, 2.24) is 5.32 Å². The lowest BCUT2D eigenvalue weighted by molar-refractivity contribution is -0.116. The standard InChI is InChI=1S/C17H17FN2O4S/c18-25(23,24)15-10-8-14(9-11-15)20-16(21)7-4-12-19-17(22)13-5-2-1-3-6-13/h1-3,5-6,8-11H,4,7,12H2,(H,19,22)(H,20,21). The fourth-order valence-electron chi connectivity index (χ4n) is 2.07. The number of halogens is 1. The van der Waals surface area contributed by atoms with Crippen LogP contribution in [0.1, 0.15) is 23.2 Å². The van der Waals surface area contributed by atoms with Crippen LogP contribution < -0.4 is 10.6 Å². The number of benzene rings is 2. The van der Waals surface area contributed by atoms with Gasteiger partial charge < -0.3 is 10.6 Å². The van der Waals surface area contributed by atoms with Crippen molar-refractivity contribution in [1.29, 1.82) is 0 Å². The van der Waals surface area contributed by atoms with Gasteiger partial charge in [-0.3, -0.25) is 9.59 Å². The minimum Gasteiger partial charge on any atom is -0.352 e. The summed E-state index contributed by atoms with van der Waals surface area (Å²) in [4.78, 5) is 23.1. The number of amides is 2. The zero-order chi connectivity index (χ0) is 18.3. The maximum atomic E-state index is 12.8. The molecule has 0 aliphatic rings. The molecule has 0 radical (unpaired) electrons. The minimum absolute atomic E-state index is 0.179. The molecule has 0 saturated carbocycles. The van der Waals surface area contributed by atoms with Crippen molar-refractivity contribution in [2.75, 3.05) is 11.9 Å². The van der Waals surface area contributed by atoms with Gasteiger partial charge in [0.1, 0.15) is 0 Å². The lowest BCUT2D eigenvalue weighted by atomic mass is 10.2. The van der Waals surface area contributed by atoms with Crippen molar-refractivity contribution < 1.29 is 21.9 Å². The van der Waals surface area contributed by atoms with Crippen molar-refractivity contribution >= 4 is 27.7 Å². The second kappa shape index (κ2) is 8.39. The van der Waals surface area contributed by atoms with E-state index in [0.29, 0.717) is 24.2 Å². The van der Waals surface area contributed by atoms with E-state index in [1.807, 2.05) is 6.07 Å². The molecule has 0 atom stereocenters. The van der Waals surface area contributed by atoms with Crippen LogP contribution in [0.5, 0.6) is 0 Å². The summed E-state index contributed by atoms with van der Waals surface area (Å²) in [6, 6.07) is 13.5. The number of carbonyl (C=O) groups is 2. The van der Waals surface area contributed by atoms with E-state index in [1.165, 1.54) is 12.1 Å². The van der Waals surface area contributed by atoms with Gasteiger partial charge in [0.25, 0.3) is 5.91 Å². The third-order valence-corrected chi connectivity index (χ3v) is 4.16. The highest BCUT2D eigenvalue weighted by Gasteiger charge is 2.11. The molecule has 2 N–H and O–H groups in total. The summed E-state index contributed by atoms with van der Waals surface area (Å²) in [6.45, 7) is 0.347. The Morgan fingerprint density at radius 1 is 0.960 bits per heavy atom. The molecule has 0 aliphatic heterocycles. The van der Waals surface area contributed by atoms with Gasteiger partial charge in [-0.25, -0.2) is 0 Å². The smallest absolute Gasteiger partial charge is 0.332 e. The van der Waals surface area contributed by atoms with E-state index in [2.05, 4.69) is 10.6 Å². The van der Waals surface area contributed by atoms with E-state index in [9.17, 15) is 21.9 Å². The molecule has 6 nitrogen and oxygen atoms in total. The van der Waals surface area contributed by atoms with Gasteiger partial charge in [-0.15, -0.1) is 3.89 Å². The van der Waals surface area contributed by atoms with E-state index in [4.69, 9.17) is 0 Å². The topological polar surface area (TPSA) is 92.3 Å². The van der Waals surface area contributed by atoms with Crippen molar-refractivity contribution in [2.24, 2.45) is 0 Å². The van der Waals surface area contributed by atoms with Crippen molar-refractivity contribution in [2.45, 2.75) is 17.7 Å². The first-order valence-electron chi connectivity index (χ1n) is 7.54. The van der Waals surface area contributed by atoms with Crippen LogP contribution in [0.3, 0.4) is 0 Å². The van der Waals surface area contributed by atoms with E-state index in [0.717, 1.165) is 12.1 Å². The summed E-state index contributed by atoms with van der Waals surface area (Å²) in [6.07, 6.45) is 0.625. The number of hydrogen-bond acceptors (Lipinski definition) is 4. The molecule has 0 aromatic heterocycles. The molecule has 0 saturated heterocycles. The zero-order valence-corrected chi connectivity index (χ0v) is 14.1. The fourth-order valence-corrected chi connectivity index (χ4v) is 2.53. The van der Waals surface area contributed by atoms with Crippen LogP contribution in [0.15, 0.2) is 59.5 Å². The SMILES string of the molecule is O=C(CCCNC(=O)c1ccccc1)Nc1ccc(S(=O)(=O)F)cc1. The molecule has 0 bridgehead atoms. The molecular formula is C17H17FN2O4S. The summed E-state index contributed by atoms with van der Waals surface area (Å²) in [5.41, 5.74) is 0.917. The van der Waals surface area contributed by atoms with E-state index in [1.54, 1.807) is 24.3 Å². The first-order chi connectivity index (χ1) is 11.9. The van der Waals surface area contributed by atoms with Crippen molar-refractivity contribution in [3.8, 4) is 0 Å². The molecule has 2 aromatic carbocycles. The largest absolute Gasteiger partial charge is 0.352 e. The average Bonchev–Trinajstić information content (AvgIpc) is 2.59. The molecule has 0 spiro atoms. The first kappa shape index (κ1) is 18.6. The third-order valence-electron chi connectivity index (χ3n) is 3.32. The zero-order valence-electron chi connectivity index (χ0n) is 13.2. The summed E-state index contributed by atoms with van der Waals surface area (Å²) < 4.78 is 34.2. The average molecular weight is 364 g/mol. The maximum absolute atomic E-state index is 12.8. The Morgan fingerprint density at radius 2 is 1.60 bits per heavy atom. The summed E-state index contributed by atoms with van der Waals surface area (Å²) >= 11 is 0. The quantitative estimate of drug-likeness (QED) is 0.583. The van der Waals surface area contributed by atoms with Crippen LogP contribution in [0.4, 0.5) is 9.57 Å². The predicted molar refractivity (Wildman–Crippen MR) is 91.4 cm³/mol. The fraction of sp³-hybridized carbons (Fsp3) is 0.176. The molecule has 132 valence electrons. The normalized spacial score (nSPS) is 10.9. The van der Waals surface area contributed by atoms with Crippen LogP contribution in [-0.4, -0.2) is 26.8 Å². The Balaban J connectivity index is 1.73. The second-order valence-electron chi connectivity index (χ2n) is 5.24. The summed E-state index contributed by atoms with van der Waals surface area (Å²) in [5.74, 6) is -0.492. The van der Waals surface area contributed by atoms with Crippen LogP contribution >= 0.6 is 0 Å². The van der Waals surface area contributed by atoms with Gasteiger partial charge in [-0.2, -0.15) is 8.42 Å². The Labute approximate surface area is 145 Å². The summed E-state index contributed by atoms with van der Waals surface area (Å²) in [5, 5.41) is 5.29. The lowest BCUT2D eigenvalue weighted by Gasteiger charge is -2.07. The molecule has 0 unspecified atom stereocenters. The number of hydrogen-bond donors (Lipinski definition) is 2. The predicted octanol–water partition coefficient (Wildman–Crippen LogP) is 2.49. The monoisotopic (exact) mass is 364 g/mol. The molecule has 2 amide bonds. The highest BCUT2D eigenvalue weighted by molar-refractivity contribution is 7.86. The molecule has 2 aromatic rings. The Kier molecular flexibility index (Phi) is 6.24. The minimum atomic E-state index is -4.75. The highest BCUT2D eigenvalue weighted by Crippen LogP contribution is 2.16. The number of carbonyl (C=O) groups excluding carboxylic acids is 2. The summed E-state index contributed by atoms with van der Waals surface area (Å²) in [7, 11) is -4.75. The molecule has 0 fully saturated rings. The number of rotatable bonds is 7. The van der Waals surface area contributed by atoms with Crippen molar-refractivity contribution in [3.05, 3.63) is 60.2 Å². The second-order valence-corrected chi connectivity index (χ2v) is 6.58. The molecule has 25 heavy (non-hydrogen) atoms. The van der Waals surface area contributed by atoms with E-state index in [-0.39, 0.29) is 18.2 Å². The lowest BCUT2D eigenvalue weighted by Crippen LogP contribution is -2.25.